The van der Waals surface area contributed by atoms with Gasteiger partial charge in [0.25, 0.3) is 0 Å². The molecule has 1 aromatic rings. The van der Waals surface area contributed by atoms with Gasteiger partial charge in [0.1, 0.15) is 0 Å². The molecule has 7 nitrogen and oxygen atoms in total. The van der Waals surface area contributed by atoms with E-state index in [1.807, 2.05) is 11.9 Å². The molecule has 2 aliphatic heterocycles. The van der Waals surface area contributed by atoms with Crippen LogP contribution in [0.3, 0.4) is 0 Å². The summed E-state index contributed by atoms with van der Waals surface area (Å²) in [5, 5.41) is 14.5. The number of carbonyl (C=O) groups excluding carboxylic acids is 1. The third kappa shape index (κ3) is 4.61. The molecular weight excluding hydrogens is 346 g/mol. The van der Waals surface area contributed by atoms with E-state index < -0.39 is 4.92 Å². The van der Waals surface area contributed by atoms with Crippen LogP contribution in [-0.4, -0.2) is 47.5 Å². The third-order valence-corrected chi connectivity index (χ3v) is 5.02. The maximum atomic E-state index is 12.4. The molecule has 2 fully saturated rings. The molecule has 2 bridgehead atoms. The van der Waals surface area contributed by atoms with E-state index in [0.29, 0.717) is 12.1 Å². The van der Waals surface area contributed by atoms with Crippen LogP contribution < -0.4 is 10.1 Å². The molecule has 0 aromatic heterocycles. The standard InChI is InChI=1S/C17H23N3O4.ClH/c1-19(14-10-12-6-7-13(11-14)18-12)17(21)8-9-24-16-5-3-2-4-15(16)20(22)23;/h2-5,12-14,18H,6-11H2,1H3;1H. The first kappa shape index (κ1) is 19.5. The summed E-state index contributed by atoms with van der Waals surface area (Å²) in [5.41, 5.74) is -0.0757. The van der Waals surface area contributed by atoms with Crippen molar-refractivity contribution in [2.45, 2.75) is 50.2 Å². The van der Waals surface area contributed by atoms with Gasteiger partial charge in [-0.3, -0.25) is 14.9 Å². The van der Waals surface area contributed by atoms with Gasteiger partial charge in [-0.2, -0.15) is 0 Å². The number of piperidine rings is 1. The van der Waals surface area contributed by atoms with E-state index in [4.69, 9.17) is 4.74 Å². The molecule has 0 aliphatic carbocycles. The molecule has 0 saturated carbocycles. The van der Waals surface area contributed by atoms with Gasteiger partial charge < -0.3 is 15.0 Å². The van der Waals surface area contributed by atoms with Crippen molar-refractivity contribution >= 4 is 24.0 Å². The van der Waals surface area contributed by atoms with Gasteiger partial charge in [-0.15, -0.1) is 12.4 Å². The molecule has 3 rings (SSSR count). The minimum absolute atomic E-state index is 0. The normalized spacial score (nSPS) is 24.3. The molecular formula is C17H24ClN3O4. The smallest absolute Gasteiger partial charge is 0.310 e. The quantitative estimate of drug-likeness (QED) is 0.615. The van der Waals surface area contributed by atoms with Crippen LogP contribution in [0.1, 0.15) is 32.1 Å². The van der Waals surface area contributed by atoms with Crippen molar-refractivity contribution in [1.29, 1.82) is 0 Å². The maximum absolute atomic E-state index is 12.4. The first-order chi connectivity index (χ1) is 11.5. The molecule has 0 radical (unpaired) electrons. The van der Waals surface area contributed by atoms with Gasteiger partial charge in [0.2, 0.25) is 5.91 Å². The van der Waals surface area contributed by atoms with E-state index in [1.165, 1.54) is 18.9 Å². The second-order valence-corrected chi connectivity index (χ2v) is 6.59. The highest BCUT2D eigenvalue weighted by Crippen LogP contribution is 2.29. The van der Waals surface area contributed by atoms with Crippen LogP contribution in [0.2, 0.25) is 0 Å². The van der Waals surface area contributed by atoms with Crippen LogP contribution in [0.5, 0.6) is 5.75 Å². The number of fused-ring (bicyclic) bond motifs is 2. The fourth-order valence-electron chi connectivity index (χ4n) is 3.70. The lowest BCUT2D eigenvalue weighted by Gasteiger charge is -2.35. The summed E-state index contributed by atoms with van der Waals surface area (Å²) in [6.07, 6.45) is 4.63. The largest absolute Gasteiger partial charge is 0.486 e. The van der Waals surface area contributed by atoms with Crippen molar-refractivity contribution in [3.63, 3.8) is 0 Å². The lowest BCUT2D eigenvalue weighted by atomic mass is 9.98. The number of nitrogens with zero attached hydrogens (tertiary/aromatic N) is 2. The average Bonchev–Trinajstić information content (AvgIpc) is 2.92. The zero-order chi connectivity index (χ0) is 17.1. The molecule has 2 unspecified atom stereocenters. The number of ether oxygens (including phenoxy) is 1. The molecule has 1 N–H and O–H groups in total. The first-order valence-corrected chi connectivity index (χ1v) is 8.42. The van der Waals surface area contributed by atoms with Crippen molar-refractivity contribution in [1.82, 2.24) is 10.2 Å². The fraction of sp³-hybridized carbons (Fsp3) is 0.588. The second kappa shape index (κ2) is 8.49. The summed E-state index contributed by atoms with van der Waals surface area (Å²) >= 11 is 0. The number of rotatable bonds is 6. The van der Waals surface area contributed by atoms with E-state index in [-0.39, 0.29) is 48.8 Å². The van der Waals surface area contributed by atoms with Gasteiger partial charge in [0, 0.05) is 31.2 Å². The number of benzene rings is 1. The number of carbonyl (C=O) groups is 1. The van der Waals surface area contributed by atoms with Crippen LogP contribution in [0.25, 0.3) is 0 Å². The van der Waals surface area contributed by atoms with E-state index in [1.54, 1.807) is 18.2 Å². The van der Waals surface area contributed by atoms with Crippen molar-refractivity contribution in [3.05, 3.63) is 34.4 Å². The fourth-order valence-corrected chi connectivity index (χ4v) is 3.70. The van der Waals surface area contributed by atoms with E-state index in [9.17, 15) is 14.9 Å². The van der Waals surface area contributed by atoms with Crippen LogP contribution in [-0.2, 0) is 4.79 Å². The van der Waals surface area contributed by atoms with Crippen LogP contribution in [0, 0.1) is 10.1 Å². The summed E-state index contributed by atoms with van der Waals surface area (Å²) in [6, 6.07) is 7.57. The summed E-state index contributed by atoms with van der Waals surface area (Å²) < 4.78 is 5.46. The molecule has 8 heteroatoms. The predicted molar refractivity (Wildman–Crippen MR) is 96.2 cm³/mol. The molecule has 2 heterocycles. The summed E-state index contributed by atoms with van der Waals surface area (Å²) in [6.45, 7) is 0.145. The Bertz CT molecular complexity index is 616. The molecule has 25 heavy (non-hydrogen) atoms. The number of amides is 1. The van der Waals surface area contributed by atoms with E-state index >= 15 is 0 Å². The number of hydrogen-bond acceptors (Lipinski definition) is 5. The Balaban J connectivity index is 0.00000225. The zero-order valence-corrected chi connectivity index (χ0v) is 15.0. The molecule has 0 spiro atoms. The minimum atomic E-state index is -0.478. The summed E-state index contributed by atoms with van der Waals surface area (Å²) in [7, 11) is 1.85. The Morgan fingerprint density at radius 2 is 1.96 bits per heavy atom. The van der Waals surface area contributed by atoms with Gasteiger partial charge in [0.05, 0.1) is 18.0 Å². The highest BCUT2D eigenvalue weighted by Gasteiger charge is 2.36. The zero-order valence-electron chi connectivity index (χ0n) is 14.2. The van der Waals surface area contributed by atoms with Crippen LogP contribution in [0.15, 0.2) is 24.3 Å². The van der Waals surface area contributed by atoms with Gasteiger partial charge in [0.15, 0.2) is 5.75 Å². The van der Waals surface area contributed by atoms with Crippen molar-refractivity contribution in [2.24, 2.45) is 0 Å². The second-order valence-electron chi connectivity index (χ2n) is 6.59. The van der Waals surface area contributed by atoms with Crippen LogP contribution in [0.4, 0.5) is 5.69 Å². The Morgan fingerprint density at radius 3 is 2.60 bits per heavy atom. The van der Waals surface area contributed by atoms with Gasteiger partial charge in [-0.1, -0.05) is 12.1 Å². The van der Waals surface area contributed by atoms with Crippen LogP contribution >= 0.6 is 12.4 Å². The topological polar surface area (TPSA) is 84.7 Å². The number of para-hydroxylation sites is 2. The number of nitro groups is 1. The van der Waals surface area contributed by atoms with Crippen molar-refractivity contribution < 1.29 is 14.5 Å². The Hall–Kier alpha value is -1.86. The molecule has 1 aromatic carbocycles. The molecule has 2 aliphatic rings. The van der Waals surface area contributed by atoms with Gasteiger partial charge in [-0.05, 0) is 31.7 Å². The Kier molecular flexibility index (Phi) is 6.61. The Labute approximate surface area is 153 Å². The lowest BCUT2D eigenvalue weighted by Crippen LogP contribution is -2.48. The number of halogens is 1. The predicted octanol–water partition coefficient (Wildman–Crippen LogP) is 2.53. The monoisotopic (exact) mass is 369 g/mol. The van der Waals surface area contributed by atoms with Crippen molar-refractivity contribution in [3.8, 4) is 5.75 Å². The number of nitrogens with one attached hydrogen (secondary N) is 1. The number of nitro benzene ring substituents is 1. The average molecular weight is 370 g/mol. The van der Waals surface area contributed by atoms with Gasteiger partial charge >= 0.3 is 5.69 Å². The van der Waals surface area contributed by atoms with Gasteiger partial charge in [-0.25, -0.2) is 0 Å². The Morgan fingerprint density at radius 1 is 1.32 bits per heavy atom. The highest BCUT2D eigenvalue weighted by atomic mass is 35.5. The van der Waals surface area contributed by atoms with Crippen molar-refractivity contribution in [2.75, 3.05) is 13.7 Å². The summed E-state index contributed by atoms with van der Waals surface area (Å²) in [5.74, 6) is 0.234. The van der Waals surface area contributed by atoms with E-state index in [2.05, 4.69) is 5.32 Å². The van der Waals surface area contributed by atoms with E-state index in [0.717, 1.165) is 12.8 Å². The highest BCUT2D eigenvalue weighted by molar-refractivity contribution is 5.85. The minimum Gasteiger partial charge on any atom is -0.486 e. The third-order valence-electron chi connectivity index (χ3n) is 5.02. The molecule has 2 saturated heterocycles. The SMILES string of the molecule is CN(C(=O)CCOc1ccccc1[N+](=O)[O-])C1CC2CCC(C1)N2.Cl. The number of hydrogen-bond donors (Lipinski definition) is 1. The molecule has 2 atom stereocenters. The lowest BCUT2D eigenvalue weighted by molar-refractivity contribution is -0.385. The molecule has 138 valence electrons. The first-order valence-electron chi connectivity index (χ1n) is 8.42. The molecule has 1 amide bonds. The maximum Gasteiger partial charge on any atom is 0.310 e. The summed E-state index contributed by atoms with van der Waals surface area (Å²) in [4.78, 5) is 24.7.